The number of carbonyl (C=O) groups excluding carboxylic acids is 3. The lowest BCUT2D eigenvalue weighted by atomic mass is 9.85. The summed E-state index contributed by atoms with van der Waals surface area (Å²) in [6.45, 7) is 7.12. The van der Waals surface area contributed by atoms with Crippen molar-refractivity contribution in [2.75, 3.05) is 26.3 Å². The van der Waals surface area contributed by atoms with Crippen molar-refractivity contribution in [1.82, 2.24) is 15.5 Å². The van der Waals surface area contributed by atoms with Gasteiger partial charge in [0, 0.05) is 36.4 Å². The minimum absolute atomic E-state index is 0.000463. The molecule has 2 fully saturated rings. The van der Waals surface area contributed by atoms with Gasteiger partial charge in [0.1, 0.15) is 25.8 Å². The number of benzene rings is 5. The number of nitrogens with one attached hydrogen (secondary N) is 2. The molecule has 9 rings (SSSR count). The van der Waals surface area contributed by atoms with Crippen LogP contribution in [0, 0.1) is 5.92 Å². The molecule has 5 N–H and O–H groups in total. The number of nitrogens with zero attached hydrogens (tertiary/aromatic N) is 1. The van der Waals surface area contributed by atoms with E-state index in [0.717, 1.165) is 93.7 Å². The highest BCUT2D eigenvalue weighted by atomic mass is 16.6. The fraction of sp³-hybridized carbons (Fsp3) is 0.429. The zero-order chi connectivity index (χ0) is 54.9. The van der Waals surface area contributed by atoms with Crippen LogP contribution in [0.1, 0.15) is 161 Å². The molecule has 77 heavy (non-hydrogen) atoms. The second kappa shape index (κ2) is 27.5. The number of amides is 3. The number of carbonyl (C=O) groups is 6. The molecule has 14 nitrogen and oxygen atoms in total. The number of carboxylic acid groups (broad SMARTS) is 3. The van der Waals surface area contributed by atoms with Gasteiger partial charge < -0.3 is 35.4 Å². The fourth-order valence-corrected chi connectivity index (χ4v) is 11.3. The molecule has 0 bridgehead atoms. The first-order chi connectivity index (χ1) is 37.1. The van der Waals surface area contributed by atoms with Crippen LogP contribution in [-0.2, 0) is 29.3 Å². The minimum atomic E-state index is -1.05. The largest absolute Gasteiger partial charge is 0.481 e. The van der Waals surface area contributed by atoms with Crippen molar-refractivity contribution >= 4 is 36.0 Å². The monoisotopic (exact) mass is 1050 g/mol. The van der Waals surface area contributed by atoms with Gasteiger partial charge in [-0.1, -0.05) is 181 Å². The van der Waals surface area contributed by atoms with E-state index in [4.69, 9.17) is 19.7 Å². The molecular formula is C63H75N3O11. The van der Waals surface area contributed by atoms with Crippen molar-refractivity contribution in [3.05, 3.63) is 155 Å². The molecule has 5 aromatic carbocycles. The van der Waals surface area contributed by atoms with Crippen molar-refractivity contribution < 1.29 is 53.6 Å². The molecule has 3 aliphatic carbocycles. The van der Waals surface area contributed by atoms with Gasteiger partial charge in [-0.2, -0.15) is 0 Å². The zero-order valence-electron chi connectivity index (χ0n) is 44.7. The Hall–Kier alpha value is -7.48. The quantitative estimate of drug-likeness (QED) is 0.0491. The first kappa shape index (κ1) is 57.2. The first-order valence-corrected chi connectivity index (χ1v) is 27.4. The molecule has 3 unspecified atom stereocenters. The number of alkyl carbamates (subject to hydrolysis) is 1. The Kier molecular flexibility index (Phi) is 20.5. The predicted molar refractivity (Wildman–Crippen MR) is 296 cm³/mol. The van der Waals surface area contributed by atoms with Crippen LogP contribution in [-0.4, -0.2) is 94.6 Å². The Balaban J connectivity index is 0.000000175. The van der Waals surface area contributed by atoms with Gasteiger partial charge in [-0.05, 0) is 106 Å². The molecule has 408 valence electrons. The van der Waals surface area contributed by atoms with Gasteiger partial charge >= 0.3 is 30.1 Å². The van der Waals surface area contributed by atoms with Crippen molar-refractivity contribution in [2.24, 2.45) is 5.92 Å². The van der Waals surface area contributed by atoms with Gasteiger partial charge in [0.25, 0.3) is 5.91 Å². The van der Waals surface area contributed by atoms with Crippen LogP contribution in [0.4, 0.5) is 9.59 Å². The highest BCUT2D eigenvalue weighted by molar-refractivity contribution is 5.95. The number of unbranched alkanes of at least 4 members (excludes halogenated alkanes) is 7. The number of ether oxygens (including phenoxy) is 2. The average molecular weight is 1050 g/mol. The number of carboxylic acids is 3. The van der Waals surface area contributed by atoms with Crippen LogP contribution in [0.15, 0.2) is 121 Å². The van der Waals surface area contributed by atoms with E-state index in [-0.39, 0.29) is 60.8 Å². The maximum Gasteiger partial charge on any atom is 0.410 e. The maximum atomic E-state index is 13.0. The summed E-state index contributed by atoms with van der Waals surface area (Å²) in [7, 11) is 0. The molecule has 1 saturated heterocycles. The van der Waals surface area contributed by atoms with Crippen LogP contribution in [0.25, 0.3) is 22.3 Å². The zero-order valence-corrected chi connectivity index (χ0v) is 44.7. The molecule has 3 atom stereocenters. The molecule has 4 aliphatic rings. The Bertz CT molecular complexity index is 2730. The standard InChI is InChI=1S/C26H33NO4.C24H25NO4.C13H17NO3/c28-25(29)17-7-5-3-1-2-4-6-12-18-27-26(30)31-19-24-22-15-10-8-13-20(22)21-14-9-11-16-23(21)24;26-23(27)22-13-15-7-1-6-12-21(15)25(22)24(28)29-14-20-18-10-4-2-8-16(18)17-9-3-5-11-19(17)20;1-13(2,3)10-6-4-9(5-7-10)12(17)14-8-11(15)16/h8-11,13-16,24H,1-7,12,17-19H2,(H,27,30)(H,28,29);2-5,8-11,15,20-22H,1,6-7,12-14H2,(H,26,27);4-7H,8H2,1-3H3,(H,14,17)(H,15,16). The Labute approximate surface area is 452 Å². The average Bonchev–Trinajstić information content (AvgIpc) is 4.18. The molecule has 0 spiro atoms. The van der Waals surface area contributed by atoms with Crippen molar-refractivity contribution in [2.45, 2.75) is 140 Å². The van der Waals surface area contributed by atoms with Gasteiger partial charge in [0.05, 0.1) is 0 Å². The lowest BCUT2D eigenvalue weighted by Gasteiger charge is -2.32. The fourth-order valence-electron chi connectivity index (χ4n) is 11.3. The Morgan fingerprint density at radius 1 is 0.558 bits per heavy atom. The van der Waals surface area contributed by atoms with Crippen LogP contribution in [0.5, 0.6) is 0 Å². The van der Waals surface area contributed by atoms with E-state index in [9.17, 15) is 33.9 Å². The van der Waals surface area contributed by atoms with Gasteiger partial charge in [-0.15, -0.1) is 0 Å². The molecular weight excluding hydrogens is 975 g/mol. The second-order valence-corrected chi connectivity index (χ2v) is 21.5. The van der Waals surface area contributed by atoms with Gasteiger partial charge in [0.2, 0.25) is 0 Å². The van der Waals surface area contributed by atoms with Crippen molar-refractivity contribution in [3.63, 3.8) is 0 Å². The van der Waals surface area contributed by atoms with E-state index >= 15 is 0 Å². The van der Waals surface area contributed by atoms with E-state index in [0.29, 0.717) is 25.1 Å². The van der Waals surface area contributed by atoms with E-state index < -0.39 is 30.0 Å². The summed E-state index contributed by atoms with van der Waals surface area (Å²) in [5.74, 6) is -2.69. The number of hydrogen-bond acceptors (Lipinski definition) is 8. The Morgan fingerprint density at radius 3 is 1.51 bits per heavy atom. The van der Waals surface area contributed by atoms with Crippen LogP contribution in [0.2, 0.25) is 0 Å². The molecule has 5 aromatic rings. The van der Waals surface area contributed by atoms with Gasteiger partial charge in [-0.25, -0.2) is 14.4 Å². The smallest absolute Gasteiger partial charge is 0.410 e. The lowest BCUT2D eigenvalue weighted by Crippen LogP contribution is -2.46. The summed E-state index contributed by atoms with van der Waals surface area (Å²) in [5, 5.41) is 31.9. The van der Waals surface area contributed by atoms with Crippen LogP contribution in [0.3, 0.4) is 0 Å². The third-order valence-electron chi connectivity index (χ3n) is 15.3. The number of rotatable bonds is 19. The molecule has 1 aliphatic heterocycles. The third-order valence-corrected chi connectivity index (χ3v) is 15.3. The molecule has 1 saturated carbocycles. The second-order valence-electron chi connectivity index (χ2n) is 21.5. The highest BCUT2D eigenvalue weighted by Gasteiger charge is 2.48. The minimum Gasteiger partial charge on any atom is -0.481 e. The number of hydrogen-bond donors (Lipinski definition) is 5. The molecule has 0 aromatic heterocycles. The topological polar surface area (TPSA) is 209 Å². The molecule has 0 radical (unpaired) electrons. The van der Waals surface area contributed by atoms with E-state index in [1.807, 2.05) is 60.7 Å². The van der Waals surface area contributed by atoms with Gasteiger partial charge in [0.15, 0.2) is 0 Å². The molecule has 3 amide bonds. The summed E-state index contributed by atoms with van der Waals surface area (Å²) >= 11 is 0. The van der Waals surface area contributed by atoms with E-state index in [2.05, 4.69) is 79.9 Å². The lowest BCUT2D eigenvalue weighted by molar-refractivity contribution is -0.142. The number of likely N-dealkylation sites (tertiary alicyclic amines) is 1. The van der Waals surface area contributed by atoms with E-state index in [1.54, 1.807) is 12.1 Å². The number of fused-ring (bicyclic) bond motifs is 7. The number of aliphatic carboxylic acids is 3. The summed E-state index contributed by atoms with van der Waals surface area (Å²) in [5.41, 5.74) is 11.2. The predicted octanol–water partition coefficient (Wildman–Crippen LogP) is 12.6. The van der Waals surface area contributed by atoms with Crippen LogP contribution < -0.4 is 10.6 Å². The summed E-state index contributed by atoms with van der Waals surface area (Å²) in [4.78, 5) is 70.8. The summed E-state index contributed by atoms with van der Waals surface area (Å²) < 4.78 is 11.3. The van der Waals surface area contributed by atoms with Crippen LogP contribution >= 0.6 is 0 Å². The van der Waals surface area contributed by atoms with E-state index in [1.165, 1.54) is 38.3 Å². The maximum absolute atomic E-state index is 13.0. The van der Waals surface area contributed by atoms with Crippen molar-refractivity contribution in [3.8, 4) is 22.3 Å². The molecule has 14 heteroatoms. The summed E-state index contributed by atoms with van der Waals surface area (Å²) in [6, 6.07) is 39.5. The normalized spacial score (nSPS) is 16.9. The highest BCUT2D eigenvalue weighted by Crippen LogP contribution is 2.46. The first-order valence-electron chi connectivity index (χ1n) is 27.4. The third kappa shape index (κ3) is 15.4. The van der Waals surface area contributed by atoms with Crippen molar-refractivity contribution in [1.29, 1.82) is 0 Å². The summed E-state index contributed by atoms with van der Waals surface area (Å²) in [6.07, 6.45) is 12.4. The van der Waals surface area contributed by atoms with Gasteiger partial charge in [-0.3, -0.25) is 19.3 Å². The Morgan fingerprint density at radius 2 is 1.03 bits per heavy atom. The molecule has 1 heterocycles. The SMILES string of the molecule is CC(C)(C)c1ccc(C(=O)NCC(=O)O)cc1.O=C(O)C1CC2CCCCC2N1C(=O)OCC1c2ccccc2-c2ccccc21.O=C(O)CCCCCCCCCCNC(=O)OCC1c2ccccc2-c2ccccc21.